The molecule has 2 atom stereocenters. The number of thiophene rings is 1. The zero-order valence-electron chi connectivity index (χ0n) is 13.5. The lowest BCUT2D eigenvalue weighted by molar-refractivity contribution is -0.792. The highest BCUT2D eigenvalue weighted by molar-refractivity contribution is 7.17. The van der Waals surface area contributed by atoms with Gasteiger partial charge in [-0.2, -0.15) is 9.28 Å². The van der Waals surface area contributed by atoms with Gasteiger partial charge < -0.3 is 5.11 Å². The van der Waals surface area contributed by atoms with E-state index in [1.165, 1.54) is 11.3 Å². The van der Waals surface area contributed by atoms with Crippen molar-refractivity contribution in [1.82, 2.24) is 0 Å². The molecule has 0 aliphatic carbocycles. The third-order valence-corrected chi connectivity index (χ3v) is 5.98. The molecule has 2 amide bonds. The van der Waals surface area contributed by atoms with E-state index in [1.807, 2.05) is 29.6 Å². The van der Waals surface area contributed by atoms with Crippen LogP contribution in [0.25, 0.3) is 10.1 Å². The molecule has 1 aromatic heterocycles. The van der Waals surface area contributed by atoms with Crippen LogP contribution in [0.15, 0.2) is 29.6 Å². The molecule has 0 radical (unpaired) electrons. The summed E-state index contributed by atoms with van der Waals surface area (Å²) in [7, 11) is 0. The van der Waals surface area contributed by atoms with Gasteiger partial charge in [0.2, 0.25) is 0 Å². The average Bonchev–Trinajstić information content (AvgIpc) is 3.16. The fourth-order valence-electron chi connectivity index (χ4n) is 3.59. The third kappa shape index (κ3) is 2.65. The number of carbonyl (C=O) groups is 3. The number of rotatable bonds is 4. The number of imide groups is 1. The summed E-state index contributed by atoms with van der Waals surface area (Å²) in [6, 6.07) is 7.43. The molecule has 126 valence electrons. The van der Waals surface area contributed by atoms with Gasteiger partial charge in [-0.15, -0.1) is 11.3 Å². The number of ketones is 1. The van der Waals surface area contributed by atoms with Gasteiger partial charge >= 0.3 is 12.0 Å². The number of likely N-dealkylation sites (tertiary alicyclic amines) is 1. The first kappa shape index (κ1) is 16.8. The number of benzene rings is 1. The summed E-state index contributed by atoms with van der Waals surface area (Å²) >= 11 is 1.50. The highest BCUT2D eigenvalue weighted by Gasteiger charge is 2.52. The first-order valence-electron chi connectivity index (χ1n) is 8.11. The Morgan fingerprint density at radius 3 is 2.67 bits per heavy atom. The molecule has 3 rings (SSSR count). The van der Waals surface area contributed by atoms with Crippen molar-refractivity contribution < 1.29 is 24.0 Å². The summed E-state index contributed by atoms with van der Waals surface area (Å²) in [4.78, 5) is 36.8. The van der Waals surface area contributed by atoms with Gasteiger partial charge in [0.05, 0.1) is 13.0 Å². The molecule has 0 bridgehead atoms. The molecule has 1 fully saturated rings. The summed E-state index contributed by atoms with van der Waals surface area (Å²) in [5, 5.41) is 12.3. The van der Waals surface area contributed by atoms with Crippen molar-refractivity contribution in [3.63, 3.8) is 0 Å². The Kier molecular flexibility index (Phi) is 4.51. The molecule has 0 spiro atoms. The molecule has 1 saturated heterocycles. The zero-order valence-corrected chi connectivity index (χ0v) is 14.3. The van der Waals surface area contributed by atoms with Gasteiger partial charge in [0.1, 0.15) is 6.04 Å². The van der Waals surface area contributed by atoms with E-state index in [9.17, 15) is 19.5 Å². The number of fused-ring (bicyclic) bond motifs is 1. The molecule has 1 unspecified atom stereocenters. The van der Waals surface area contributed by atoms with Gasteiger partial charge in [-0.05, 0) is 13.0 Å². The highest BCUT2D eigenvalue weighted by atomic mass is 32.1. The number of Topliss-reactive ketones (excluding diaryl/α,β-unsaturated/α-hetero) is 1. The van der Waals surface area contributed by atoms with Crippen molar-refractivity contribution in [2.75, 3.05) is 6.54 Å². The number of amides is 2. The minimum atomic E-state index is -1.10. The van der Waals surface area contributed by atoms with Crippen molar-refractivity contribution in [2.24, 2.45) is 0 Å². The summed E-state index contributed by atoms with van der Waals surface area (Å²) in [5.74, 6) is -0.462. The predicted octanol–water partition coefficient (Wildman–Crippen LogP) is 4.07. The lowest BCUT2D eigenvalue weighted by Crippen LogP contribution is -2.58. The van der Waals surface area contributed by atoms with Crippen molar-refractivity contribution in [3.05, 3.63) is 35.2 Å². The SMILES string of the molecule is C[C@@H]1CCC[N+]1(C(=O)O)C(=O)CCC(=O)c1csc2ccccc12. The first-order valence-corrected chi connectivity index (χ1v) is 8.99. The van der Waals surface area contributed by atoms with Crippen LogP contribution in [0.5, 0.6) is 0 Å². The van der Waals surface area contributed by atoms with Crippen LogP contribution in [0, 0.1) is 0 Å². The first-order chi connectivity index (χ1) is 11.5. The van der Waals surface area contributed by atoms with Gasteiger partial charge in [0, 0.05) is 40.3 Å². The molecule has 1 N–H and O–H groups in total. The molecule has 2 aromatic rings. The Morgan fingerprint density at radius 2 is 2.00 bits per heavy atom. The molecule has 6 heteroatoms. The van der Waals surface area contributed by atoms with Crippen molar-refractivity contribution in [2.45, 2.75) is 38.6 Å². The monoisotopic (exact) mass is 346 g/mol. The van der Waals surface area contributed by atoms with Crippen LogP contribution in [0.2, 0.25) is 0 Å². The van der Waals surface area contributed by atoms with Crippen molar-refractivity contribution >= 4 is 39.2 Å². The highest BCUT2D eigenvalue weighted by Crippen LogP contribution is 2.30. The van der Waals surface area contributed by atoms with Gasteiger partial charge in [0.15, 0.2) is 5.78 Å². The topological polar surface area (TPSA) is 71.4 Å². The second-order valence-corrected chi connectivity index (χ2v) is 7.24. The normalized spacial score (nSPS) is 23.5. The quantitative estimate of drug-likeness (QED) is 0.669. The van der Waals surface area contributed by atoms with Crippen LogP contribution in [0.1, 0.15) is 43.0 Å². The summed E-state index contributed by atoms with van der Waals surface area (Å²) < 4.78 is 0.506. The number of quaternary nitrogens is 1. The average molecular weight is 346 g/mol. The molecule has 24 heavy (non-hydrogen) atoms. The van der Waals surface area contributed by atoms with Crippen LogP contribution in [0.4, 0.5) is 4.79 Å². The van der Waals surface area contributed by atoms with Gasteiger partial charge in [-0.25, -0.2) is 4.79 Å². The Hall–Kier alpha value is -2.05. The Balaban J connectivity index is 1.74. The smallest absolute Gasteiger partial charge is 0.435 e. The van der Waals surface area contributed by atoms with E-state index < -0.39 is 10.6 Å². The largest absolute Gasteiger partial charge is 0.521 e. The molecule has 1 aliphatic heterocycles. The van der Waals surface area contributed by atoms with E-state index in [-0.39, 0.29) is 30.6 Å². The van der Waals surface area contributed by atoms with Crippen LogP contribution < -0.4 is 0 Å². The molecule has 2 heterocycles. The van der Waals surface area contributed by atoms with Gasteiger partial charge in [0.25, 0.3) is 0 Å². The molecular formula is C18H20NO4S+. The maximum Gasteiger partial charge on any atom is 0.521 e. The molecule has 5 nitrogen and oxygen atoms in total. The van der Waals surface area contributed by atoms with Crippen LogP contribution in [-0.2, 0) is 4.79 Å². The molecule has 0 saturated carbocycles. The summed E-state index contributed by atoms with van der Waals surface area (Å²) in [6.07, 6.45) is 0.376. The Bertz CT molecular complexity index is 812. The van der Waals surface area contributed by atoms with E-state index >= 15 is 0 Å². The van der Waals surface area contributed by atoms with Crippen LogP contribution in [-0.4, -0.2) is 40.0 Å². The minimum Gasteiger partial charge on any atom is -0.435 e. The maximum atomic E-state index is 12.6. The second kappa shape index (κ2) is 6.45. The van der Waals surface area contributed by atoms with Crippen LogP contribution in [0.3, 0.4) is 0 Å². The molecular weight excluding hydrogens is 326 g/mol. The van der Waals surface area contributed by atoms with Gasteiger partial charge in [-0.3, -0.25) is 4.79 Å². The Labute approximate surface area is 144 Å². The summed E-state index contributed by atoms with van der Waals surface area (Å²) in [5.41, 5.74) is 0.625. The van der Waals surface area contributed by atoms with E-state index in [4.69, 9.17) is 0 Å². The standard InChI is InChI=1S/C18H19NO4S/c1-12-5-4-10-19(12,18(22)23)17(21)9-8-15(20)14-11-24-16-7-3-2-6-13(14)16/h2-3,6-7,11-12H,4-5,8-10H2,1H3/p+1/t12-,19?/m1/s1. The van der Waals surface area contributed by atoms with Crippen molar-refractivity contribution in [1.29, 1.82) is 0 Å². The lowest BCUT2D eigenvalue weighted by Gasteiger charge is -2.29. The fourth-order valence-corrected chi connectivity index (χ4v) is 4.55. The lowest BCUT2D eigenvalue weighted by atomic mass is 10.0. The number of carbonyl (C=O) groups excluding carboxylic acids is 2. The predicted molar refractivity (Wildman–Crippen MR) is 92.2 cm³/mol. The summed E-state index contributed by atoms with van der Waals surface area (Å²) in [6.45, 7) is 2.12. The number of carboxylic acid groups (broad SMARTS) is 1. The van der Waals surface area contributed by atoms with Crippen LogP contribution >= 0.6 is 11.3 Å². The third-order valence-electron chi connectivity index (χ3n) is 5.02. The van der Waals surface area contributed by atoms with E-state index in [1.54, 1.807) is 6.92 Å². The maximum absolute atomic E-state index is 12.6. The number of hydrogen-bond donors (Lipinski definition) is 1. The number of nitrogens with zero attached hydrogens (tertiary/aromatic N) is 1. The Morgan fingerprint density at radius 1 is 1.25 bits per heavy atom. The number of hydrogen-bond acceptors (Lipinski definition) is 4. The second-order valence-electron chi connectivity index (χ2n) is 6.33. The van der Waals surface area contributed by atoms with E-state index in [0.29, 0.717) is 12.1 Å². The van der Waals surface area contributed by atoms with Crippen molar-refractivity contribution in [3.8, 4) is 0 Å². The van der Waals surface area contributed by atoms with E-state index in [2.05, 4.69) is 0 Å². The fraction of sp³-hybridized carbons (Fsp3) is 0.389. The molecule has 1 aliphatic rings. The van der Waals surface area contributed by atoms with E-state index in [0.717, 1.165) is 22.9 Å². The minimum absolute atomic E-state index is 0.0281. The molecule has 1 aromatic carbocycles. The zero-order chi connectivity index (χ0) is 17.3. The van der Waals surface area contributed by atoms with Gasteiger partial charge in [-0.1, -0.05) is 18.2 Å².